The van der Waals surface area contributed by atoms with Gasteiger partial charge in [-0.05, 0) is 55.3 Å². The van der Waals surface area contributed by atoms with Gasteiger partial charge < -0.3 is 20.1 Å². The molecule has 2 aliphatic rings. The van der Waals surface area contributed by atoms with Crippen LogP contribution in [0, 0.1) is 5.82 Å². The zero-order chi connectivity index (χ0) is 20.5. The summed E-state index contributed by atoms with van der Waals surface area (Å²) in [6.07, 6.45) is 5.17. The van der Waals surface area contributed by atoms with E-state index < -0.39 is 0 Å². The third-order valence-corrected chi connectivity index (χ3v) is 6.35. The van der Waals surface area contributed by atoms with Gasteiger partial charge in [-0.15, -0.1) is 0 Å². The molecule has 1 atom stereocenters. The molecule has 3 heterocycles. The standard InChI is InChI=1S/C22H21FN4O2S/c23-15-1-6-18-19(13-15)30-22(24)27(18)16-2-4-17(5-3-16)29-21-20(25-9-10-26-21)14-7-11-28-12-8-14/h1-6,9-10,13-14,22H,7-8,11-12,24H2. The third-order valence-electron chi connectivity index (χ3n) is 5.31. The van der Waals surface area contributed by atoms with Crippen LogP contribution in [-0.2, 0) is 4.74 Å². The highest BCUT2D eigenvalue weighted by atomic mass is 32.2. The monoisotopic (exact) mass is 424 g/mol. The minimum absolute atomic E-state index is 0.261. The Morgan fingerprint density at radius 3 is 2.63 bits per heavy atom. The summed E-state index contributed by atoms with van der Waals surface area (Å²) >= 11 is 1.44. The molecule has 1 aromatic heterocycles. The number of anilines is 2. The lowest BCUT2D eigenvalue weighted by Gasteiger charge is -2.24. The lowest BCUT2D eigenvalue weighted by atomic mass is 9.96. The quantitative estimate of drug-likeness (QED) is 0.646. The average Bonchev–Trinajstić information content (AvgIpc) is 3.10. The lowest BCUT2D eigenvalue weighted by Crippen LogP contribution is -2.31. The van der Waals surface area contributed by atoms with Gasteiger partial charge in [0.05, 0.1) is 5.69 Å². The fourth-order valence-corrected chi connectivity index (χ4v) is 4.91. The van der Waals surface area contributed by atoms with Crippen molar-refractivity contribution in [2.24, 2.45) is 5.73 Å². The van der Waals surface area contributed by atoms with Crippen molar-refractivity contribution in [1.82, 2.24) is 9.97 Å². The lowest BCUT2D eigenvalue weighted by molar-refractivity contribution is 0.0839. The predicted molar refractivity (Wildman–Crippen MR) is 114 cm³/mol. The molecule has 30 heavy (non-hydrogen) atoms. The van der Waals surface area contributed by atoms with Crippen LogP contribution in [0.5, 0.6) is 11.6 Å². The summed E-state index contributed by atoms with van der Waals surface area (Å²) < 4.78 is 25.1. The summed E-state index contributed by atoms with van der Waals surface area (Å²) in [4.78, 5) is 11.7. The molecule has 0 amide bonds. The zero-order valence-corrected chi connectivity index (χ0v) is 17.0. The number of hydrogen-bond acceptors (Lipinski definition) is 7. The van der Waals surface area contributed by atoms with E-state index in [9.17, 15) is 4.39 Å². The molecule has 1 saturated heterocycles. The van der Waals surface area contributed by atoms with Gasteiger partial charge >= 0.3 is 0 Å². The Balaban J connectivity index is 1.37. The first-order valence-corrected chi connectivity index (χ1v) is 10.7. The van der Waals surface area contributed by atoms with Crippen molar-refractivity contribution < 1.29 is 13.9 Å². The van der Waals surface area contributed by atoms with Crippen molar-refractivity contribution in [3.63, 3.8) is 0 Å². The molecule has 2 aliphatic heterocycles. The number of halogens is 1. The number of thioether (sulfide) groups is 1. The minimum atomic E-state index is -0.311. The Morgan fingerprint density at radius 1 is 1.07 bits per heavy atom. The molecule has 154 valence electrons. The van der Waals surface area contributed by atoms with E-state index in [1.165, 1.54) is 23.9 Å². The van der Waals surface area contributed by atoms with E-state index >= 15 is 0 Å². The molecule has 8 heteroatoms. The maximum atomic E-state index is 13.5. The van der Waals surface area contributed by atoms with Gasteiger partial charge in [0.2, 0.25) is 5.88 Å². The Bertz CT molecular complexity index is 1040. The van der Waals surface area contributed by atoms with Gasteiger partial charge in [-0.2, -0.15) is 0 Å². The number of rotatable bonds is 4. The normalized spacial score (nSPS) is 19.0. The number of hydrogen-bond donors (Lipinski definition) is 1. The van der Waals surface area contributed by atoms with Gasteiger partial charge in [0.15, 0.2) is 0 Å². The summed E-state index contributed by atoms with van der Waals surface area (Å²) in [5.41, 5.74) is 8.66. The average molecular weight is 425 g/mol. The SMILES string of the molecule is NC1Sc2cc(F)ccc2N1c1ccc(Oc2nccnc2C2CCOCC2)cc1. The van der Waals surface area contributed by atoms with Gasteiger partial charge in [0.25, 0.3) is 0 Å². The van der Waals surface area contributed by atoms with Crippen LogP contribution < -0.4 is 15.4 Å². The first-order valence-electron chi connectivity index (χ1n) is 9.86. The fraction of sp³-hybridized carbons (Fsp3) is 0.273. The maximum Gasteiger partial charge on any atom is 0.241 e. The molecule has 1 unspecified atom stereocenters. The Labute approximate surface area is 178 Å². The van der Waals surface area contributed by atoms with Crippen molar-refractivity contribution in [2.75, 3.05) is 18.1 Å². The molecule has 1 fully saturated rings. The second kappa shape index (κ2) is 8.22. The summed E-state index contributed by atoms with van der Waals surface area (Å²) in [6.45, 7) is 1.46. The Hall–Kier alpha value is -2.68. The van der Waals surface area contributed by atoms with Crippen LogP contribution in [0.4, 0.5) is 15.8 Å². The Kier molecular flexibility index (Phi) is 5.28. The van der Waals surface area contributed by atoms with Gasteiger partial charge in [0, 0.05) is 42.1 Å². The van der Waals surface area contributed by atoms with Gasteiger partial charge in [-0.3, -0.25) is 4.98 Å². The molecular weight excluding hydrogens is 403 g/mol. The van der Waals surface area contributed by atoms with Gasteiger partial charge in [0.1, 0.15) is 22.8 Å². The highest BCUT2D eigenvalue weighted by Crippen LogP contribution is 2.46. The van der Waals surface area contributed by atoms with E-state index in [-0.39, 0.29) is 11.3 Å². The maximum absolute atomic E-state index is 13.5. The van der Waals surface area contributed by atoms with Crippen molar-refractivity contribution >= 4 is 23.1 Å². The van der Waals surface area contributed by atoms with Crippen molar-refractivity contribution in [3.8, 4) is 11.6 Å². The van der Waals surface area contributed by atoms with Crippen LogP contribution >= 0.6 is 11.8 Å². The number of benzene rings is 2. The number of nitrogens with two attached hydrogens (primary N) is 1. The van der Waals surface area contributed by atoms with Crippen LogP contribution in [0.3, 0.4) is 0 Å². The zero-order valence-electron chi connectivity index (χ0n) is 16.2. The van der Waals surface area contributed by atoms with Gasteiger partial charge in [-0.25, -0.2) is 9.37 Å². The Morgan fingerprint density at radius 2 is 1.83 bits per heavy atom. The number of nitrogens with zero attached hydrogens (tertiary/aromatic N) is 3. The molecule has 0 radical (unpaired) electrons. The van der Waals surface area contributed by atoms with E-state index in [1.54, 1.807) is 18.5 Å². The molecule has 0 aliphatic carbocycles. The summed E-state index contributed by atoms with van der Waals surface area (Å²) in [6, 6.07) is 12.4. The molecule has 2 aromatic carbocycles. The molecule has 5 rings (SSSR count). The van der Waals surface area contributed by atoms with E-state index in [4.69, 9.17) is 15.2 Å². The van der Waals surface area contributed by atoms with Crippen molar-refractivity contribution in [1.29, 1.82) is 0 Å². The minimum Gasteiger partial charge on any atom is -0.437 e. The van der Waals surface area contributed by atoms with E-state index in [0.717, 1.165) is 48.0 Å². The first-order chi connectivity index (χ1) is 14.7. The highest BCUT2D eigenvalue weighted by molar-refractivity contribution is 8.00. The summed E-state index contributed by atoms with van der Waals surface area (Å²) in [5.74, 6) is 1.24. The molecule has 6 nitrogen and oxygen atoms in total. The molecule has 0 spiro atoms. The molecular formula is C22H21FN4O2S. The molecule has 0 bridgehead atoms. The second-order valence-electron chi connectivity index (χ2n) is 7.22. The van der Waals surface area contributed by atoms with Crippen LogP contribution in [0.25, 0.3) is 0 Å². The highest BCUT2D eigenvalue weighted by Gasteiger charge is 2.29. The number of aromatic nitrogens is 2. The van der Waals surface area contributed by atoms with Crippen LogP contribution in [0.15, 0.2) is 59.8 Å². The largest absolute Gasteiger partial charge is 0.437 e. The van der Waals surface area contributed by atoms with Crippen LogP contribution in [0.1, 0.15) is 24.5 Å². The summed E-state index contributed by atoms with van der Waals surface area (Å²) in [5, 5.41) is 0. The van der Waals surface area contributed by atoms with E-state index in [1.807, 2.05) is 29.2 Å². The molecule has 3 aromatic rings. The van der Waals surface area contributed by atoms with Gasteiger partial charge in [-0.1, -0.05) is 11.8 Å². The molecule has 2 N–H and O–H groups in total. The first kappa shape index (κ1) is 19.3. The summed E-state index contributed by atoms with van der Waals surface area (Å²) in [7, 11) is 0. The smallest absolute Gasteiger partial charge is 0.241 e. The topological polar surface area (TPSA) is 73.5 Å². The van der Waals surface area contributed by atoms with Crippen LogP contribution in [-0.4, -0.2) is 28.7 Å². The molecule has 0 saturated carbocycles. The van der Waals surface area contributed by atoms with E-state index in [0.29, 0.717) is 17.5 Å². The second-order valence-corrected chi connectivity index (χ2v) is 8.38. The van der Waals surface area contributed by atoms with Crippen molar-refractivity contribution in [2.45, 2.75) is 29.2 Å². The van der Waals surface area contributed by atoms with E-state index in [2.05, 4.69) is 9.97 Å². The number of ether oxygens (including phenoxy) is 2. The predicted octanol–water partition coefficient (Wildman–Crippen LogP) is 4.79. The third kappa shape index (κ3) is 3.74. The van der Waals surface area contributed by atoms with Crippen LogP contribution in [0.2, 0.25) is 0 Å². The van der Waals surface area contributed by atoms with Crippen molar-refractivity contribution in [3.05, 3.63) is 66.4 Å². The number of fused-ring (bicyclic) bond motifs is 1. The fourth-order valence-electron chi connectivity index (χ4n) is 3.84.